The van der Waals surface area contributed by atoms with Crippen molar-refractivity contribution < 1.29 is 14.3 Å². The first-order valence-corrected chi connectivity index (χ1v) is 6.35. The molecule has 2 N–H and O–H groups in total. The number of rotatable bonds is 4. The van der Waals surface area contributed by atoms with E-state index in [0.717, 1.165) is 0 Å². The lowest BCUT2D eigenvalue weighted by Crippen LogP contribution is -2.12. The zero-order chi connectivity index (χ0) is 14.7. The Labute approximate surface area is 117 Å². The van der Waals surface area contributed by atoms with Crippen molar-refractivity contribution in [3.05, 3.63) is 42.1 Å². The highest BCUT2D eigenvalue weighted by atomic mass is 16.5. The number of methoxy groups -OCH3 is 1. The first kappa shape index (κ1) is 14.0. The molecule has 0 amide bonds. The van der Waals surface area contributed by atoms with Gasteiger partial charge < -0.3 is 19.8 Å². The molecule has 0 aliphatic heterocycles. The van der Waals surface area contributed by atoms with E-state index in [1.165, 1.54) is 0 Å². The summed E-state index contributed by atoms with van der Waals surface area (Å²) in [6.45, 7) is 3.99. The average Bonchev–Trinajstić information content (AvgIpc) is 2.81. The Bertz CT molecular complexity index is 600. The van der Waals surface area contributed by atoms with Gasteiger partial charge in [-0.25, -0.2) is 4.79 Å². The number of carbonyl (C=O) groups excluding carboxylic acids is 1. The molecular formula is C15H18N2O3. The van der Waals surface area contributed by atoms with Crippen molar-refractivity contribution in [1.29, 1.82) is 0 Å². The lowest BCUT2D eigenvalue weighted by molar-refractivity contribution is 0.0736. The fraction of sp³-hybridized carbons (Fsp3) is 0.267. The van der Waals surface area contributed by atoms with Gasteiger partial charge in [0.1, 0.15) is 22.9 Å². The largest absolute Gasteiger partial charge is 0.497 e. The van der Waals surface area contributed by atoms with E-state index in [0.29, 0.717) is 22.9 Å². The number of nitrogens with two attached hydrogens (primary N) is 1. The third kappa shape index (κ3) is 2.77. The Morgan fingerprint density at radius 3 is 2.25 bits per heavy atom. The third-order valence-electron chi connectivity index (χ3n) is 3.00. The molecule has 20 heavy (non-hydrogen) atoms. The summed E-state index contributed by atoms with van der Waals surface area (Å²) in [6, 6.07) is 8.66. The molecule has 1 aromatic heterocycles. The summed E-state index contributed by atoms with van der Waals surface area (Å²) >= 11 is 0. The van der Waals surface area contributed by atoms with Gasteiger partial charge in [0.05, 0.1) is 7.11 Å². The van der Waals surface area contributed by atoms with Crippen LogP contribution in [0, 0.1) is 0 Å². The quantitative estimate of drug-likeness (QED) is 0.687. The van der Waals surface area contributed by atoms with Crippen LogP contribution in [0.2, 0.25) is 0 Å². The SMILES string of the molecule is COc1ccc(OC(=O)c2ccn(C(C)C)c2N)cc1. The molecular weight excluding hydrogens is 256 g/mol. The van der Waals surface area contributed by atoms with Crippen LogP contribution in [0.3, 0.4) is 0 Å². The van der Waals surface area contributed by atoms with Crippen LogP contribution in [-0.4, -0.2) is 17.6 Å². The van der Waals surface area contributed by atoms with Gasteiger partial charge in [-0.15, -0.1) is 0 Å². The molecule has 5 nitrogen and oxygen atoms in total. The van der Waals surface area contributed by atoms with Crippen molar-refractivity contribution >= 4 is 11.8 Å². The lowest BCUT2D eigenvalue weighted by atomic mass is 10.3. The van der Waals surface area contributed by atoms with Crippen molar-refractivity contribution in [2.45, 2.75) is 19.9 Å². The van der Waals surface area contributed by atoms with Gasteiger partial charge in [-0.05, 0) is 44.2 Å². The molecule has 2 rings (SSSR count). The molecule has 1 heterocycles. The second-order valence-corrected chi connectivity index (χ2v) is 4.68. The second kappa shape index (κ2) is 5.69. The molecule has 0 fully saturated rings. The number of aromatic nitrogens is 1. The highest BCUT2D eigenvalue weighted by molar-refractivity contribution is 5.95. The Morgan fingerprint density at radius 1 is 1.15 bits per heavy atom. The monoisotopic (exact) mass is 274 g/mol. The fourth-order valence-electron chi connectivity index (χ4n) is 1.89. The van der Waals surface area contributed by atoms with E-state index in [2.05, 4.69) is 0 Å². The number of hydrogen-bond acceptors (Lipinski definition) is 4. The first-order chi connectivity index (χ1) is 9.52. The van der Waals surface area contributed by atoms with Gasteiger partial charge in [0.15, 0.2) is 0 Å². The van der Waals surface area contributed by atoms with Crippen molar-refractivity contribution in [3.8, 4) is 11.5 Å². The highest BCUT2D eigenvalue weighted by Gasteiger charge is 2.17. The number of nitrogens with zero attached hydrogens (tertiary/aromatic N) is 1. The van der Waals surface area contributed by atoms with Gasteiger partial charge in [0.2, 0.25) is 0 Å². The van der Waals surface area contributed by atoms with E-state index in [4.69, 9.17) is 15.2 Å². The number of nitrogen functional groups attached to an aromatic ring is 1. The van der Waals surface area contributed by atoms with Crippen LogP contribution in [0.5, 0.6) is 11.5 Å². The fourth-order valence-corrected chi connectivity index (χ4v) is 1.89. The topological polar surface area (TPSA) is 66.5 Å². The maximum absolute atomic E-state index is 12.1. The Kier molecular flexibility index (Phi) is 3.98. The Balaban J connectivity index is 2.15. The Hall–Kier alpha value is -2.43. The zero-order valence-corrected chi connectivity index (χ0v) is 11.8. The molecule has 0 unspecified atom stereocenters. The number of anilines is 1. The molecule has 0 spiro atoms. The minimum atomic E-state index is -0.466. The molecule has 0 saturated heterocycles. The average molecular weight is 274 g/mol. The highest BCUT2D eigenvalue weighted by Crippen LogP contribution is 2.22. The van der Waals surface area contributed by atoms with Crippen LogP contribution in [0.15, 0.2) is 36.5 Å². The van der Waals surface area contributed by atoms with Crippen molar-refractivity contribution in [2.24, 2.45) is 0 Å². The van der Waals surface area contributed by atoms with E-state index in [9.17, 15) is 4.79 Å². The molecule has 106 valence electrons. The number of ether oxygens (including phenoxy) is 2. The zero-order valence-electron chi connectivity index (χ0n) is 11.8. The van der Waals surface area contributed by atoms with Crippen LogP contribution in [-0.2, 0) is 0 Å². The van der Waals surface area contributed by atoms with Gasteiger partial charge >= 0.3 is 5.97 Å². The van der Waals surface area contributed by atoms with Gasteiger partial charge in [-0.2, -0.15) is 0 Å². The van der Waals surface area contributed by atoms with Crippen molar-refractivity contribution in [2.75, 3.05) is 12.8 Å². The summed E-state index contributed by atoms with van der Waals surface area (Å²) in [7, 11) is 1.58. The van der Waals surface area contributed by atoms with Gasteiger partial charge in [-0.3, -0.25) is 0 Å². The second-order valence-electron chi connectivity index (χ2n) is 4.68. The minimum Gasteiger partial charge on any atom is -0.497 e. The summed E-state index contributed by atoms with van der Waals surface area (Å²) in [5.41, 5.74) is 6.32. The van der Waals surface area contributed by atoms with E-state index in [1.54, 1.807) is 43.6 Å². The predicted octanol–water partition coefficient (Wildman–Crippen LogP) is 2.88. The Morgan fingerprint density at radius 2 is 1.75 bits per heavy atom. The number of hydrogen-bond donors (Lipinski definition) is 1. The summed E-state index contributed by atoms with van der Waals surface area (Å²) in [4.78, 5) is 12.1. The standard InChI is InChI=1S/C15H18N2O3/c1-10(2)17-9-8-13(14(17)16)15(18)20-12-6-4-11(19-3)5-7-12/h4-10H,16H2,1-3H3. The normalized spacial score (nSPS) is 10.6. The van der Waals surface area contributed by atoms with E-state index in [1.807, 2.05) is 18.4 Å². The third-order valence-corrected chi connectivity index (χ3v) is 3.00. The predicted molar refractivity (Wildman–Crippen MR) is 77.2 cm³/mol. The van der Waals surface area contributed by atoms with Crippen molar-refractivity contribution in [1.82, 2.24) is 4.57 Å². The maximum atomic E-state index is 12.1. The molecule has 5 heteroatoms. The van der Waals surface area contributed by atoms with E-state index in [-0.39, 0.29) is 6.04 Å². The maximum Gasteiger partial charge on any atom is 0.347 e. The van der Waals surface area contributed by atoms with Gasteiger partial charge in [0, 0.05) is 12.2 Å². The molecule has 0 saturated carbocycles. The summed E-state index contributed by atoms with van der Waals surface area (Å²) in [6.07, 6.45) is 1.78. The summed E-state index contributed by atoms with van der Waals surface area (Å²) < 4.78 is 12.2. The molecule has 0 atom stereocenters. The summed E-state index contributed by atoms with van der Waals surface area (Å²) in [5.74, 6) is 1.10. The van der Waals surface area contributed by atoms with E-state index >= 15 is 0 Å². The lowest BCUT2D eigenvalue weighted by Gasteiger charge is -2.10. The van der Waals surface area contributed by atoms with Gasteiger partial charge in [0.25, 0.3) is 0 Å². The number of esters is 1. The molecule has 2 aromatic rings. The van der Waals surface area contributed by atoms with Crippen LogP contribution in [0.4, 0.5) is 5.82 Å². The smallest absolute Gasteiger partial charge is 0.347 e. The van der Waals surface area contributed by atoms with Crippen LogP contribution in [0.25, 0.3) is 0 Å². The van der Waals surface area contributed by atoms with Crippen LogP contribution in [0.1, 0.15) is 30.2 Å². The molecule has 0 aliphatic carbocycles. The molecule has 1 aromatic carbocycles. The molecule has 0 bridgehead atoms. The van der Waals surface area contributed by atoms with E-state index < -0.39 is 5.97 Å². The minimum absolute atomic E-state index is 0.192. The van der Waals surface area contributed by atoms with Gasteiger partial charge in [-0.1, -0.05) is 0 Å². The molecule has 0 radical (unpaired) electrons. The number of carbonyl (C=O) groups is 1. The first-order valence-electron chi connectivity index (χ1n) is 6.35. The molecule has 0 aliphatic rings. The van der Waals surface area contributed by atoms with Crippen LogP contribution >= 0.6 is 0 Å². The summed E-state index contributed by atoms with van der Waals surface area (Å²) in [5, 5.41) is 0. The number of benzene rings is 1. The van der Waals surface area contributed by atoms with Crippen LogP contribution < -0.4 is 15.2 Å². The van der Waals surface area contributed by atoms with Crippen molar-refractivity contribution in [3.63, 3.8) is 0 Å².